The van der Waals surface area contributed by atoms with Crippen LogP contribution in [0.1, 0.15) is 25.0 Å². The molecule has 2 heteroatoms. The van der Waals surface area contributed by atoms with E-state index in [1.54, 1.807) is 0 Å². The molecule has 0 N–H and O–H groups in total. The van der Waals surface area contributed by atoms with Gasteiger partial charge in [0.2, 0.25) is 0 Å². The monoisotopic (exact) mass is 169 g/mol. The minimum Gasteiger partial charge on any atom is -0.244 e. The highest BCUT2D eigenvalue weighted by Gasteiger charge is 1.99. The highest BCUT2D eigenvalue weighted by molar-refractivity contribution is 6.30. The normalized spacial score (nSPS) is 10.1. The van der Waals surface area contributed by atoms with Gasteiger partial charge in [0, 0.05) is 6.20 Å². The maximum absolute atomic E-state index is 5.84. The number of aromatic nitrogens is 1. The van der Waals surface area contributed by atoms with Crippen LogP contribution >= 0.6 is 11.6 Å². The van der Waals surface area contributed by atoms with Gasteiger partial charge in [-0.15, -0.1) is 0 Å². The molecule has 0 unspecified atom stereocenters. The summed E-state index contributed by atoms with van der Waals surface area (Å²) in [6, 6.07) is 2.12. The van der Waals surface area contributed by atoms with Crippen molar-refractivity contribution in [1.29, 1.82) is 0 Å². The number of pyridine rings is 1. The molecule has 1 aromatic heterocycles. The summed E-state index contributed by atoms with van der Waals surface area (Å²) in [6.45, 7) is 4.20. The van der Waals surface area contributed by atoms with Gasteiger partial charge in [0.15, 0.2) is 0 Å². The maximum Gasteiger partial charge on any atom is 0.132 e. The lowest BCUT2D eigenvalue weighted by Gasteiger charge is -2.01. The minimum absolute atomic E-state index is 0.643. The molecule has 1 heterocycles. The van der Waals surface area contributed by atoms with Crippen molar-refractivity contribution in [1.82, 2.24) is 4.98 Å². The fraction of sp³-hybridized carbons (Fsp3) is 0.444. The van der Waals surface area contributed by atoms with Crippen LogP contribution in [0.15, 0.2) is 12.3 Å². The van der Waals surface area contributed by atoms with Crippen LogP contribution in [0.2, 0.25) is 5.15 Å². The van der Waals surface area contributed by atoms with Crippen molar-refractivity contribution in [2.24, 2.45) is 0 Å². The first-order valence-corrected chi connectivity index (χ1v) is 4.29. The van der Waals surface area contributed by atoms with Crippen molar-refractivity contribution >= 4 is 11.6 Å². The smallest absolute Gasteiger partial charge is 0.132 e. The second-order valence-corrected chi connectivity index (χ2v) is 2.86. The predicted molar refractivity (Wildman–Crippen MR) is 48.0 cm³/mol. The molecule has 1 rings (SSSR count). The Morgan fingerprint density at radius 3 is 2.64 bits per heavy atom. The molecule has 0 atom stereocenters. The van der Waals surface area contributed by atoms with Gasteiger partial charge in [-0.3, -0.25) is 0 Å². The van der Waals surface area contributed by atoms with Crippen molar-refractivity contribution in [2.45, 2.75) is 26.7 Å². The van der Waals surface area contributed by atoms with E-state index in [1.807, 2.05) is 6.20 Å². The molecule has 0 fully saturated rings. The Morgan fingerprint density at radius 1 is 1.36 bits per heavy atom. The molecule has 0 saturated carbocycles. The third-order valence-corrected chi connectivity index (χ3v) is 2.10. The third kappa shape index (κ3) is 1.93. The van der Waals surface area contributed by atoms with E-state index in [2.05, 4.69) is 24.9 Å². The van der Waals surface area contributed by atoms with Crippen LogP contribution in [0.3, 0.4) is 0 Å². The Labute approximate surface area is 72.4 Å². The highest BCUT2D eigenvalue weighted by Crippen LogP contribution is 2.14. The first-order chi connectivity index (χ1) is 5.27. The molecule has 0 amide bonds. The number of halogens is 1. The summed E-state index contributed by atoms with van der Waals surface area (Å²) < 4.78 is 0. The molecule has 0 bridgehead atoms. The van der Waals surface area contributed by atoms with Crippen LogP contribution in [-0.4, -0.2) is 4.98 Å². The molecule has 0 radical (unpaired) electrons. The molecule has 11 heavy (non-hydrogen) atoms. The van der Waals surface area contributed by atoms with Gasteiger partial charge in [-0.25, -0.2) is 4.98 Å². The Morgan fingerprint density at radius 2 is 2.09 bits per heavy atom. The van der Waals surface area contributed by atoms with Crippen molar-refractivity contribution < 1.29 is 0 Å². The van der Waals surface area contributed by atoms with Gasteiger partial charge in [0.25, 0.3) is 0 Å². The van der Waals surface area contributed by atoms with Crippen molar-refractivity contribution in [2.75, 3.05) is 0 Å². The first-order valence-electron chi connectivity index (χ1n) is 3.91. The molecular formula is C9H12ClN. The third-order valence-electron chi connectivity index (χ3n) is 1.76. The summed E-state index contributed by atoms with van der Waals surface area (Å²) in [7, 11) is 0. The summed E-state index contributed by atoms with van der Waals surface area (Å²) in [5.74, 6) is 0. The Bertz CT molecular complexity index is 245. The van der Waals surface area contributed by atoms with Gasteiger partial charge in [-0.2, -0.15) is 0 Å². The molecule has 0 aromatic carbocycles. The minimum atomic E-state index is 0.643. The van der Waals surface area contributed by atoms with Crippen LogP contribution in [0.25, 0.3) is 0 Å². The summed E-state index contributed by atoms with van der Waals surface area (Å²) >= 11 is 5.84. The number of nitrogens with zero attached hydrogens (tertiary/aromatic N) is 1. The molecule has 0 aliphatic rings. The standard InChI is InChI=1S/C9H12ClN/c1-3-7-5-8(4-2)9(10)11-6-7/h5-6H,3-4H2,1-2H3. The maximum atomic E-state index is 5.84. The second kappa shape index (κ2) is 3.72. The number of hydrogen-bond donors (Lipinski definition) is 0. The quantitative estimate of drug-likeness (QED) is 0.621. The van der Waals surface area contributed by atoms with Gasteiger partial charge in [0.1, 0.15) is 5.15 Å². The molecule has 0 saturated heterocycles. The molecule has 0 aliphatic carbocycles. The molecule has 0 aliphatic heterocycles. The van der Waals surface area contributed by atoms with Gasteiger partial charge >= 0.3 is 0 Å². The summed E-state index contributed by atoms with van der Waals surface area (Å²) in [5.41, 5.74) is 2.40. The van der Waals surface area contributed by atoms with Crippen LogP contribution in [0, 0.1) is 0 Å². The average molecular weight is 170 g/mol. The van der Waals surface area contributed by atoms with E-state index < -0.39 is 0 Å². The van der Waals surface area contributed by atoms with Crippen LogP contribution in [0.4, 0.5) is 0 Å². The van der Waals surface area contributed by atoms with E-state index in [0.717, 1.165) is 18.4 Å². The topological polar surface area (TPSA) is 12.9 Å². The van der Waals surface area contributed by atoms with Crippen LogP contribution < -0.4 is 0 Å². The molecule has 1 aromatic rings. The lowest BCUT2D eigenvalue weighted by atomic mass is 10.1. The van der Waals surface area contributed by atoms with Crippen molar-refractivity contribution in [3.8, 4) is 0 Å². The molecule has 0 spiro atoms. The fourth-order valence-corrected chi connectivity index (χ4v) is 1.22. The van der Waals surface area contributed by atoms with E-state index in [-0.39, 0.29) is 0 Å². The summed E-state index contributed by atoms with van der Waals surface area (Å²) in [5, 5.41) is 0.643. The summed E-state index contributed by atoms with van der Waals surface area (Å²) in [6.07, 6.45) is 3.82. The first kappa shape index (κ1) is 8.54. The van der Waals surface area contributed by atoms with E-state index in [4.69, 9.17) is 11.6 Å². The van der Waals surface area contributed by atoms with E-state index >= 15 is 0 Å². The van der Waals surface area contributed by atoms with Gasteiger partial charge in [0.05, 0.1) is 0 Å². The number of hydrogen-bond acceptors (Lipinski definition) is 1. The molecule has 1 nitrogen and oxygen atoms in total. The largest absolute Gasteiger partial charge is 0.244 e. The highest BCUT2D eigenvalue weighted by atomic mass is 35.5. The zero-order valence-electron chi connectivity index (χ0n) is 6.89. The van der Waals surface area contributed by atoms with E-state index in [1.165, 1.54) is 5.56 Å². The lowest BCUT2D eigenvalue weighted by Crippen LogP contribution is -1.89. The van der Waals surface area contributed by atoms with Crippen LogP contribution in [0.5, 0.6) is 0 Å². The predicted octanol–water partition coefficient (Wildman–Crippen LogP) is 2.86. The Balaban J connectivity index is 3.02. The zero-order chi connectivity index (χ0) is 8.27. The second-order valence-electron chi connectivity index (χ2n) is 2.50. The van der Waals surface area contributed by atoms with Gasteiger partial charge in [-0.1, -0.05) is 31.5 Å². The van der Waals surface area contributed by atoms with Crippen molar-refractivity contribution in [3.63, 3.8) is 0 Å². The van der Waals surface area contributed by atoms with E-state index in [0.29, 0.717) is 5.15 Å². The molecular weight excluding hydrogens is 158 g/mol. The lowest BCUT2D eigenvalue weighted by molar-refractivity contribution is 1.04. The SMILES string of the molecule is CCc1cnc(Cl)c(CC)c1. The van der Waals surface area contributed by atoms with Gasteiger partial charge < -0.3 is 0 Å². The van der Waals surface area contributed by atoms with Gasteiger partial charge in [-0.05, 0) is 24.0 Å². The number of rotatable bonds is 2. The fourth-order valence-electron chi connectivity index (χ4n) is 0.984. The Kier molecular flexibility index (Phi) is 2.89. The Hall–Kier alpha value is -0.560. The number of aryl methyl sites for hydroxylation is 2. The molecule has 60 valence electrons. The average Bonchev–Trinajstić information content (AvgIpc) is 2.05. The van der Waals surface area contributed by atoms with Crippen molar-refractivity contribution in [3.05, 3.63) is 28.5 Å². The summed E-state index contributed by atoms with van der Waals surface area (Å²) in [4.78, 5) is 4.09. The van der Waals surface area contributed by atoms with Crippen LogP contribution in [-0.2, 0) is 12.8 Å². The van der Waals surface area contributed by atoms with E-state index in [9.17, 15) is 0 Å². The zero-order valence-corrected chi connectivity index (χ0v) is 7.65.